The molecule has 1 aromatic rings. The third-order valence-electron chi connectivity index (χ3n) is 4.44. The van der Waals surface area contributed by atoms with Crippen LogP contribution in [0.15, 0.2) is 29.3 Å². The maximum absolute atomic E-state index is 12.0. The van der Waals surface area contributed by atoms with Gasteiger partial charge in [0.15, 0.2) is 5.96 Å². The smallest absolute Gasteiger partial charge is 0.235 e. The first-order valence-corrected chi connectivity index (χ1v) is 9.81. The van der Waals surface area contributed by atoms with Crippen molar-refractivity contribution in [2.75, 3.05) is 16.6 Å². The maximum Gasteiger partial charge on any atom is 0.235 e. The summed E-state index contributed by atoms with van der Waals surface area (Å²) in [4.78, 5) is 4.38. The first kappa shape index (κ1) is 16.1. The van der Waals surface area contributed by atoms with Crippen molar-refractivity contribution in [1.29, 1.82) is 0 Å². The number of anilines is 1. The Morgan fingerprint density at radius 3 is 2.78 bits per heavy atom. The first-order chi connectivity index (χ1) is 11.0. The average molecular weight is 336 g/mol. The molecular formula is C16H24N4O2S. The number of rotatable bonds is 4. The van der Waals surface area contributed by atoms with Crippen molar-refractivity contribution in [1.82, 2.24) is 5.32 Å². The molecule has 3 rings (SSSR count). The van der Waals surface area contributed by atoms with E-state index in [1.165, 1.54) is 17.1 Å². The van der Waals surface area contributed by atoms with Crippen molar-refractivity contribution in [2.24, 2.45) is 10.7 Å². The van der Waals surface area contributed by atoms with Crippen LogP contribution in [0.2, 0.25) is 0 Å². The van der Waals surface area contributed by atoms with Gasteiger partial charge < -0.3 is 11.1 Å². The van der Waals surface area contributed by atoms with Crippen LogP contribution < -0.4 is 15.4 Å². The van der Waals surface area contributed by atoms with Gasteiger partial charge in [-0.25, -0.2) is 13.4 Å². The molecule has 6 nitrogen and oxygen atoms in total. The van der Waals surface area contributed by atoms with Gasteiger partial charge in [0.1, 0.15) is 0 Å². The van der Waals surface area contributed by atoms with Crippen molar-refractivity contribution < 1.29 is 8.42 Å². The topological polar surface area (TPSA) is 87.8 Å². The van der Waals surface area contributed by atoms with Crippen LogP contribution in [0.25, 0.3) is 0 Å². The molecule has 126 valence electrons. The predicted octanol–water partition coefficient (Wildman–Crippen LogP) is 1.57. The summed E-state index contributed by atoms with van der Waals surface area (Å²) in [5, 5.41) is 3.25. The highest BCUT2D eigenvalue weighted by molar-refractivity contribution is 7.93. The summed E-state index contributed by atoms with van der Waals surface area (Å²) < 4.78 is 25.5. The van der Waals surface area contributed by atoms with Crippen LogP contribution in [-0.2, 0) is 16.6 Å². The van der Waals surface area contributed by atoms with Gasteiger partial charge in [-0.15, -0.1) is 0 Å². The molecule has 23 heavy (non-hydrogen) atoms. The second-order valence-corrected chi connectivity index (χ2v) is 8.25. The van der Waals surface area contributed by atoms with Gasteiger partial charge in [-0.2, -0.15) is 0 Å². The van der Waals surface area contributed by atoms with Crippen LogP contribution >= 0.6 is 0 Å². The minimum Gasteiger partial charge on any atom is -0.370 e. The molecule has 1 aromatic carbocycles. The normalized spacial score (nSPS) is 21.7. The SMILES string of the molecule is NC(=NCc1cccc(N2CCCS2(=O)=O)c1)NC1CCCC1. The molecule has 0 bridgehead atoms. The molecule has 0 aromatic heterocycles. The van der Waals surface area contributed by atoms with Gasteiger partial charge in [0, 0.05) is 12.6 Å². The van der Waals surface area contributed by atoms with E-state index >= 15 is 0 Å². The molecule has 0 amide bonds. The standard InChI is InChI=1S/C16H24N4O2S/c17-16(19-14-6-1-2-7-14)18-12-13-5-3-8-15(11-13)20-9-4-10-23(20,21)22/h3,5,8,11,14H,1-2,4,6-7,9-10,12H2,(H3,17,18,19). The van der Waals surface area contributed by atoms with Crippen LogP contribution in [0.3, 0.4) is 0 Å². The van der Waals surface area contributed by atoms with Gasteiger partial charge in [0.2, 0.25) is 10.0 Å². The minimum atomic E-state index is -3.14. The van der Waals surface area contributed by atoms with Gasteiger partial charge in [0.05, 0.1) is 18.0 Å². The summed E-state index contributed by atoms with van der Waals surface area (Å²) in [5.41, 5.74) is 7.62. The van der Waals surface area contributed by atoms with Crippen molar-refractivity contribution in [2.45, 2.75) is 44.7 Å². The molecule has 0 spiro atoms. The zero-order chi connectivity index (χ0) is 16.3. The molecule has 0 radical (unpaired) electrons. The molecule has 1 saturated heterocycles. The van der Waals surface area contributed by atoms with E-state index in [-0.39, 0.29) is 5.75 Å². The fraction of sp³-hybridized carbons (Fsp3) is 0.562. The Bertz CT molecular complexity index is 681. The fourth-order valence-corrected chi connectivity index (χ4v) is 4.80. The van der Waals surface area contributed by atoms with E-state index in [0.717, 1.165) is 24.1 Å². The minimum absolute atomic E-state index is 0.230. The molecule has 0 unspecified atom stereocenters. The second kappa shape index (κ2) is 6.78. The summed E-state index contributed by atoms with van der Waals surface area (Å²) in [6.45, 7) is 1.01. The number of nitrogens with two attached hydrogens (primary N) is 1. The van der Waals surface area contributed by atoms with Gasteiger partial charge in [0.25, 0.3) is 0 Å². The Kier molecular flexibility index (Phi) is 4.75. The van der Waals surface area contributed by atoms with Crippen molar-refractivity contribution in [3.63, 3.8) is 0 Å². The van der Waals surface area contributed by atoms with Gasteiger partial charge in [-0.3, -0.25) is 4.31 Å². The quantitative estimate of drug-likeness (QED) is 0.645. The zero-order valence-corrected chi connectivity index (χ0v) is 14.1. The molecule has 7 heteroatoms. The van der Waals surface area contributed by atoms with E-state index in [0.29, 0.717) is 31.5 Å². The summed E-state index contributed by atoms with van der Waals surface area (Å²) in [7, 11) is -3.14. The first-order valence-electron chi connectivity index (χ1n) is 8.20. The second-order valence-electron chi connectivity index (χ2n) is 6.24. The molecule has 3 N–H and O–H groups in total. The number of hydrogen-bond acceptors (Lipinski definition) is 3. The lowest BCUT2D eigenvalue weighted by Gasteiger charge is -2.17. The largest absolute Gasteiger partial charge is 0.370 e. The third-order valence-corrected chi connectivity index (χ3v) is 6.31. The molecule has 1 saturated carbocycles. The Labute approximate surface area is 137 Å². The lowest BCUT2D eigenvalue weighted by atomic mass is 10.2. The van der Waals surface area contributed by atoms with Gasteiger partial charge in [-0.1, -0.05) is 25.0 Å². The third kappa shape index (κ3) is 3.96. The maximum atomic E-state index is 12.0. The number of benzene rings is 1. The van der Waals surface area contributed by atoms with Crippen molar-refractivity contribution >= 4 is 21.7 Å². The zero-order valence-electron chi connectivity index (χ0n) is 13.2. The van der Waals surface area contributed by atoms with E-state index in [1.807, 2.05) is 24.3 Å². The Balaban J connectivity index is 1.65. The highest BCUT2D eigenvalue weighted by Crippen LogP contribution is 2.25. The Morgan fingerprint density at radius 1 is 1.30 bits per heavy atom. The number of nitrogens with zero attached hydrogens (tertiary/aromatic N) is 2. The van der Waals surface area contributed by atoms with Crippen molar-refractivity contribution in [3.05, 3.63) is 29.8 Å². The van der Waals surface area contributed by atoms with E-state index < -0.39 is 10.0 Å². The van der Waals surface area contributed by atoms with E-state index in [9.17, 15) is 8.42 Å². The van der Waals surface area contributed by atoms with E-state index in [2.05, 4.69) is 10.3 Å². The van der Waals surface area contributed by atoms with Crippen molar-refractivity contribution in [3.8, 4) is 0 Å². The summed E-state index contributed by atoms with van der Waals surface area (Å²) in [5.74, 6) is 0.698. The number of guanidine groups is 1. The lowest BCUT2D eigenvalue weighted by Crippen LogP contribution is -2.38. The van der Waals surface area contributed by atoms with Gasteiger partial charge in [-0.05, 0) is 37.0 Å². The van der Waals surface area contributed by atoms with Crippen LogP contribution in [-0.4, -0.2) is 32.7 Å². The molecule has 2 fully saturated rings. The summed E-state index contributed by atoms with van der Waals surface area (Å²) >= 11 is 0. The Morgan fingerprint density at radius 2 is 2.09 bits per heavy atom. The van der Waals surface area contributed by atoms with Crippen LogP contribution in [0.4, 0.5) is 5.69 Å². The van der Waals surface area contributed by atoms with Crippen LogP contribution in [0, 0.1) is 0 Å². The number of nitrogens with one attached hydrogen (secondary N) is 1. The predicted molar refractivity (Wildman–Crippen MR) is 92.9 cm³/mol. The highest BCUT2D eigenvalue weighted by Gasteiger charge is 2.28. The molecular weight excluding hydrogens is 312 g/mol. The fourth-order valence-electron chi connectivity index (χ4n) is 3.24. The highest BCUT2D eigenvalue weighted by atomic mass is 32.2. The number of sulfonamides is 1. The molecule has 0 atom stereocenters. The number of hydrogen-bond donors (Lipinski definition) is 2. The molecule has 1 aliphatic heterocycles. The van der Waals surface area contributed by atoms with E-state index in [4.69, 9.17) is 5.73 Å². The monoisotopic (exact) mass is 336 g/mol. The lowest BCUT2D eigenvalue weighted by molar-refractivity contribution is 0.599. The summed E-state index contributed by atoms with van der Waals surface area (Å²) in [6, 6.07) is 7.97. The molecule has 1 aliphatic carbocycles. The number of aliphatic imine (C=N–C) groups is 1. The molecule has 1 heterocycles. The van der Waals surface area contributed by atoms with E-state index in [1.54, 1.807) is 0 Å². The average Bonchev–Trinajstić information content (AvgIpc) is 3.14. The van der Waals surface area contributed by atoms with Crippen LogP contribution in [0.5, 0.6) is 0 Å². The Hall–Kier alpha value is -1.76. The molecule has 2 aliphatic rings. The van der Waals surface area contributed by atoms with Gasteiger partial charge >= 0.3 is 0 Å². The summed E-state index contributed by atoms with van der Waals surface area (Å²) in [6.07, 6.45) is 5.48. The van der Waals surface area contributed by atoms with Crippen LogP contribution in [0.1, 0.15) is 37.7 Å².